The molecule has 5 nitrogen and oxygen atoms in total. The molecule has 24 heavy (non-hydrogen) atoms. The zero-order chi connectivity index (χ0) is 16.9. The molecule has 0 aromatic heterocycles. The highest BCUT2D eigenvalue weighted by atomic mass is 19.1. The first-order chi connectivity index (χ1) is 11.7. The number of fused-ring (bicyclic) bond motifs is 1. The van der Waals surface area contributed by atoms with Crippen molar-refractivity contribution in [3.63, 3.8) is 0 Å². The van der Waals surface area contributed by atoms with E-state index in [1.165, 1.54) is 24.3 Å². The molecule has 1 aliphatic rings. The van der Waals surface area contributed by atoms with Crippen LogP contribution in [0.5, 0.6) is 17.2 Å². The molecule has 0 saturated carbocycles. The molecule has 1 atom stereocenters. The molecule has 1 amide bonds. The molecule has 0 unspecified atom stereocenters. The van der Waals surface area contributed by atoms with Gasteiger partial charge in [-0.25, -0.2) is 4.39 Å². The molecule has 0 bridgehead atoms. The topological polar surface area (TPSA) is 56.8 Å². The molecule has 1 heterocycles. The molecule has 6 heteroatoms. The van der Waals surface area contributed by atoms with E-state index < -0.39 is 6.10 Å². The summed E-state index contributed by atoms with van der Waals surface area (Å²) in [7, 11) is 0. The maximum Gasteiger partial charge on any atom is 0.261 e. The molecule has 0 fully saturated rings. The van der Waals surface area contributed by atoms with Crippen molar-refractivity contribution >= 4 is 5.91 Å². The number of amides is 1. The number of hydrogen-bond acceptors (Lipinski definition) is 4. The number of carbonyl (C=O) groups excluding carboxylic acids is 1. The summed E-state index contributed by atoms with van der Waals surface area (Å²) in [6, 6.07) is 11.1. The summed E-state index contributed by atoms with van der Waals surface area (Å²) >= 11 is 0. The lowest BCUT2D eigenvalue weighted by Gasteiger charge is -2.17. The average Bonchev–Trinajstić information content (AvgIpc) is 3.07. The van der Waals surface area contributed by atoms with Crippen LogP contribution in [0.4, 0.5) is 4.39 Å². The number of benzene rings is 2. The Kier molecular flexibility index (Phi) is 4.84. The van der Waals surface area contributed by atoms with Crippen LogP contribution in [-0.2, 0) is 11.3 Å². The van der Waals surface area contributed by atoms with Crippen molar-refractivity contribution in [2.75, 3.05) is 6.79 Å². The number of hydrogen-bond donors (Lipinski definition) is 1. The minimum Gasteiger partial charge on any atom is -0.481 e. The molecule has 0 saturated heterocycles. The van der Waals surface area contributed by atoms with Gasteiger partial charge in [0.25, 0.3) is 5.91 Å². The minimum absolute atomic E-state index is 0.217. The standard InChI is InChI=1S/C18H18FNO4/c1-2-15(24-14-6-4-13(19)5-7-14)18(21)20-10-12-3-8-16-17(9-12)23-11-22-16/h3-9,15H,2,10-11H2,1H3,(H,20,21)/t15-/m1/s1. The van der Waals surface area contributed by atoms with Gasteiger partial charge in [-0.3, -0.25) is 4.79 Å². The molecule has 2 aromatic carbocycles. The molecule has 2 aromatic rings. The molecule has 1 N–H and O–H groups in total. The Bertz CT molecular complexity index is 717. The Labute approximate surface area is 139 Å². The zero-order valence-electron chi connectivity index (χ0n) is 13.3. The maximum atomic E-state index is 12.9. The van der Waals surface area contributed by atoms with Gasteiger partial charge >= 0.3 is 0 Å². The first-order valence-electron chi connectivity index (χ1n) is 7.74. The van der Waals surface area contributed by atoms with Gasteiger partial charge < -0.3 is 19.5 Å². The highest BCUT2D eigenvalue weighted by molar-refractivity contribution is 5.81. The largest absolute Gasteiger partial charge is 0.481 e. The van der Waals surface area contributed by atoms with Gasteiger partial charge in [-0.2, -0.15) is 0 Å². The van der Waals surface area contributed by atoms with Crippen LogP contribution in [0.25, 0.3) is 0 Å². The van der Waals surface area contributed by atoms with Crippen LogP contribution in [0.15, 0.2) is 42.5 Å². The Morgan fingerprint density at radius 3 is 2.71 bits per heavy atom. The lowest BCUT2D eigenvalue weighted by atomic mass is 10.2. The van der Waals surface area contributed by atoms with E-state index in [-0.39, 0.29) is 18.5 Å². The molecule has 0 radical (unpaired) electrons. The lowest BCUT2D eigenvalue weighted by Crippen LogP contribution is -2.37. The van der Waals surface area contributed by atoms with Crippen LogP contribution in [0, 0.1) is 5.82 Å². The second-order valence-corrected chi connectivity index (χ2v) is 5.37. The molecule has 0 spiro atoms. The molecular formula is C18H18FNO4. The summed E-state index contributed by atoms with van der Waals surface area (Å²) < 4.78 is 29.1. The number of rotatable bonds is 6. The second kappa shape index (κ2) is 7.21. The molecule has 3 rings (SSSR count). The van der Waals surface area contributed by atoms with E-state index in [0.717, 1.165) is 5.56 Å². The van der Waals surface area contributed by atoms with Gasteiger partial charge in [-0.05, 0) is 48.4 Å². The first kappa shape index (κ1) is 16.1. The monoisotopic (exact) mass is 331 g/mol. The third kappa shape index (κ3) is 3.76. The zero-order valence-corrected chi connectivity index (χ0v) is 13.3. The van der Waals surface area contributed by atoms with E-state index in [1.54, 1.807) is 0 Å². The van der Waals surface area contributed by atoms with Crippen molar-refractivity contribution in [3.05, 3.63) is 53.8 Å². The quantitative estimate of drug-likeness (QED) is 0.884. The fourth-order valence-corrected chi connectivity index (χ4v) is 2.35. The minimum atomic E-state index is -0.635. The first-order valence-corrected chi connectivity index (χ1v) is 7.74. The van der Waals surface area contributed by atoms with Crippen molar-refractivity contribution in [1.29, 1.82) is 0 Å². The average molecular weight is 331 g/mol. The Hall–Kier alpha value is -2.76. The van der Waals surface area contributed by atoms with E-state index in [2.05, 4.69) is 5.32 Å². The highest BCUT2D eigenvalue weighted by Gasteiger charge is 2.19. The van der Waals surface area contributed by atoms with Crippen LogP contribution >= 0.6 is 0 Å². The van der Waals surface area contributed by atoms with Gasteiger partial charge in [0.05, 0.1) is 0 Å². The number of halogens is 1. The normalized spacial score (nSPS) is 13.4. The van der Waals surface area contributed by atoms with Crippen LogP contribution in [0.2, 0.25) is 0 Å². The molecule has 1 aliphatic heterocycles. The fourth-order valence-electron chi connectivity index (χ4n) is 2.35. The third-order valence-corrected chi connectivity index (χ3v) is 3.66. The van der Waals surface area contributed by atoms with Crippen molar-refractivity contribution in [2.24, 2.45) is 0 Å². The van der Waals surface area contributed by atoms with E-state index in [0.29, 0.717) is 30.2 Å². The van der Waals surface area contributed by atoms with Crippen LogP contribution < -0.4 is 19.5 Å². The molecule has 0 aliphatic carbocycles. The summed E-state index contributed by atoms with van der Waals surface area (Å²) in [5, 5.41) is 2.84. The van der Waals surface area contributed by atoms with E-state index in [4.69, 9.17) is 14.2 Å². The SMILES string of the molecule is CC[C@@H](Oc1ccc(F)cc1)C(=O)NCc1ccc2c(c1)OCO2. The number of carbonyl (C=O) groups is 1. The second-order valence-electron chi connectivity index (χ2n) is 5.37. The van der Waals surface area contributed by atoms with Gasteiger partial charge in [0.2, 0.25) is 6.79 Å². The molecule has 126 valence electrons. The Morgan fingerprint density at radius 2 is 1.96 bits per heavy atom. The van der Waals surface area contributed by atoms with Crippen LogP contribution in [-0.4, -0.2) is 18.8 Å². The predicted molar refractivity (Wildman–Crippen MR) is 85.5 cm³/mol. The summed E-state index contributed by atoms with van der Waals surface area (Å²) in [6.45, 7) is 2.43. The summed E-state index contributed by atoms with van der Waals surface area (Å²) in [5.41, 5.74) is 0.907. The third-order valence-electron chi connectivity index (χ3n) is 3.66. The van der Waals surface area contributed by atoms with Gasteiger partial charge in [-0.1, -0.05) is 13.0 Å². The van der Waals surface area contributed by atoms with Crippen molar-refractivity contribution in [1.82, 2.24) is 5.32 Å². The van der Waals surface area contributed by atoms with Gasteiger partial charge in [0.15, 0.2) is 17.6 Å². The highest BCUT2D eigenvalue weighted by Crippen LogP contribution is 2.32. The summed E-state index contributed by atoms with van der Waals surface area (Å²) in [6.07, 6.45) is -0.130. The van der Waals surface area contributed by atoms with E-state index in [9.17, 15) is 9.18 Å². The van der Waals surface area contributed by atoms with E-state index >= 15 is 0 Å². The van der Waals surface area contributed by atoms with Crippen LogP contribution in [0.3, 0.4) is 0 Å². The fraction of sp³-hybridized carbons (Fsp3) is 0.278. The van der Waals surface area contributed by atoms with Crippen LogP contribution in [0.1, 0.15) is 18.9 Å². The lowest BCUT2D eigenvalue weighted by molar-refractivity contribution is -0.128. The van der Waals surface area contributed by atoms with Crippen molar-refractivity contribution in [2.45, 2.75) is 26.0 Å². The molecular weight excluding hydrogens is 313 g/mol. The van der Waals surface area contributed by atoms with Gasteiger partial charge in [0, 0.05) is 6.54 Å². The van der Waals surface area contributed by atoms with Crippen molar-refractivity contribution in [3.8, 4) is 17.2 Å². The van der Waals surface area contributed by atoms with Gasteiger partial charge in [0.1, 0.15) is 11.6 Å². The Balaban J connectivity index is 1.57. The summed E-state index contributed by atoms with van der Waals surface area (Å²) in [5.74, 6) is 1.27. The number of ether oxygens (including phenoxy) is 3. The predicted octanol–water partition coefficient (Wildman–Crippen LogP) is 3.03. The number of nitrogens with one attached hydrogen (secondary N) is 1. The van der Waals surface area contributed by atoms with Crippen molar-refractivity contribution < 1.29 is 23.4 Å². The van der Waals surface area contributed by atoms with E-state index in [1.807, 2.05) is 25.1 Å². The maximum absolute atomic E-state index is 12.9. The van der Waals surface area contributed by atoms with Gasteiger partial charge in [-0.15, -0.1) is 0 Å². The Morgan fingerprint density at radius 1 is 1.21 bits per heavy atom. The smallest absolute Gasteiger partial charge is 0.261 e. The summed E-state index contributed by atoms with van der Waals surface area (Å²) in [4.78, 5) is 12.3.